The Morgan fingerprint density at radius 1 is 0.765 bits per heavy atom. The number of hydrogen-bond acceptors (Lipinski definition) is 2. The zero-order valence-electron chi connectivity index (χ0n) is 10.3. The molecule has 0 aliphatic carbocycles. The highest BCUT2D eigenvalue weighted by molar-refractivity contribution is 5.77. The molecule has 0 aliphatic heterocycles. The van der Waals surface area contributed by atoms with Gasteiger partial charge in [0.25, 0.3) is 0 Å². The monoisotopic (exact) mass is 228 g/mol. The molecule has 0 radical (unpaired) electrons. The zero-order valence-corrected chi connectivity index (χ0v) is 10.3. The quantitative estimate of drug-likeness (QED) is 0.731. The minimum atomic E-state index is 0.206. The van der Waals surface area contributed by atoms with Gasteiger partial charge in [-0.2, -0.15) is 0 Å². The van der Waals surface area contributed by atoms with Crippen LogP contribution in [0.15, 0.2) is 30.3 Å². The van der Waals surface area contributed by atoms with E-state index in [4.69, 9.17) is 0 Å². The number of benzene rings is 2. The Bertz CT molecular complexity index is 551. The molecule has 0 amide bonds. The molecule has 2 aromatic rings. The average molecular weight is 228 g/mol. The third kappa shape index (κ3) is 1.98. The Morgan fingerprint density at radius 2 is 1.35 bits per heavy atom. The molecule has 0 saturated heterocycles. The predicted molar refractivity (Wildman–Crippen MR) is 69.4 cm³/mol. The number of aromatic hydroxyl groups is 2. The fourth-order valence-corrected chi connectivity index (χ4v) is 2.12. The van der Waals surface area contributed by atoms with Crippen molar-refractivity contribution in [3.63, 3.8) is 0 Å². The van der Waals surface area contributed by atoms with Crippen LogP contribution in [0, 0.1) is 20.8 Å². The van der Waals surface area contributed by atoms with Gasteiger partial charge < -0.3 is 10.2 Å². The van der Waals surface area contributed by atoms with E-state index in [1.807, 2.05) is 32.0 Å². The molecule has 0 saturated carbocycles. The van der Waals surface area contributed by atoms with Gasteiger partial charge in [0.1, 0.15) is 11.5 Å². The first kappa shape index (κ1) is 11.5. The van der Waals surface area contributed by atoms with Gasteiger partial charge in [-0.15, -0.1) is 0 Å². The van der Waals surface area contributed by atoms with Crippen molar-refractivity contribution < 1.29 is 10.2 Å². The Kier molecular flexibility index (Phi) is 2.80. The molecular weight excluding hydrogens is 212 g/mol. The highest BCUT2D eigenvalue weighted by Crippen LogP contribution is 2.37. The Balaban J connectivity index is 2.73. The maximum Gasteiger partial charge on any atom is 0.123 e. The van der Waals surface area contributed by atoms with E-state index in [-0.39, 0.29) is 11.5 Å². The summed E-state index contributed by atoms with van der Waals surface area (Å²) in [7, 11) is 0. The molecule has 0 heterocycles. The number of phenols is 2. The van der Waals surface area contributed by atoms with Crippen LogP contribution in [0.3, 0.4) is 0 Å². The van der Waals surface area contributed by atoms with Gasteiger partial charge in [-0.3, -0.25) is 0 Å². The average Bonchev–Trinajstić information content (AvgIpc) is 2.25. The third-order valence-electron chi connectivity index (χ3n) is 3.06. The van der Waals surface area contributed by atoms with Crippen LogP contribution in [0.2, 0.25) is 0 Å². The second-order valence-electron chi connectivity index (χ2n) is 4.42. The Morgan fingerprint density at radius 3 is 1.94 bits per heavy atom. The molecule has 2 aromatic carbocycles. The summed E-state index contributed by atoms with van der Waals surface area (Å²) >= 11 is 0. The van der Waals surface area contributed by atoms with Gasteiger partial charge >= 0.3 is 0 Å². The summed E-state index contributed by atoms with van der Waals surface area (Å²) in [5.41, 5.74) is 4.52. The summed E-state index contributed by atoms with van der Waals surface area (Å²) in [4.78, 5) is 0. The van der Waals surface area contributed by atoms with Crippen molar-refractivity contribution in [1.29, 1.82) is 0 Å². The molecule has 0 bridgehead atoms. The molecule has 17 heavy (non-hydrogen) atoms. The van der Waals surface area contributed by atoms with E-state index in [1.54, 1.807) is 19.1 Å². The normalized spacial score (nSPS) is 10.5. The first-order valence-corrected chi connectivity index (χ1v) is 5.60. The van der Waals surface area contributed by atoms with Gasteiger partial charge in [-0.05, 0) is 55.2 Å². The molecule has 0 aromatic heterocycles. The largest absolute Gasteiger partial charge is 0.508 e. The van der Waals surface area contributed by atoms with Crippen LogP contribution >= 0.6 is 0 Å². The second-order valence-corrected chi connectivity index (χ2v) is 4.42. The Labute approximate surface area is 101 Å². The van der Waals surface area contributed by atoms with Gasteiger partial charge in [0.05, 0.1) is 0 Å². The van der Waals surface area contributed by atoms with E-state index in [9.17, 15) is 10.2 Å². The minimum absolute atomic E-state index is 0.206. The van der Waals surface area contributed by atoms with Crippen LogP contribution in [0.25, 0.3) is 11.1 Å². The van der Waals surface area contributed by atoms with Crippen LogP contribution in [0.5, 0.6) is 11.5 Å². The summed E-state index contributed by atoms with van der Waals surface area (Å²) in [5.74, 6) is 0.415. The molecule has 88 valence electrons. The molecular formula is C15H16O2. The fraction of sp³-hybridized carbons (Fsp3) is 0.200. The van der Waals surface area contributed by atoms with Crippen molar-refractivity contribution in [2.24, 2.45) is 0 Å². The molecule has 0 aliphatic rings. The minimum Gasteiger partial charge on any atom is -0.508 e. The van der Waals surface area contributed by atoms with Gasteiger partial charge in [-0.1, -0.05) is 18.2 Å². The first-order chi connectivity index (χ1) is 8.00. The lowest BCUT2D eigenvalue weighted by molar-refractivity contribution is 0.458. The zero-order chi connectivity index (χ0) is 12.6. The van der Waals surface area contributed by atoms with Crippen molar-refractivity contribution in [3.8, 4) is 22.6 Å². The van der Waals surface area contributed by atoms with Crippen molar-refractivity contribution in [2.45, 2.75) is 20.8 Å². The third-order valence-corrected chi connectivity index (χ3v) is 3.06. The number of rotatable bonds is 1. The summed E-state index contributed by atoms with van der Waals surface area (Å²) in [5, 5.41) is 19.8. The molecule has 0 unspecified atom stereocenters. The van der Waals surface area contributed by atoms with Crippen molar-refractivity contribution in [3.05, 3.63) is 47.0 Å². The lowest BCUT2D eigenvalue weighted by Crippen LogP contribution is -1.89. The first-order valence-electron chi connectivity index (χ1n) is 5.60. The van der Waals surface area contributed by atoms with E-state index in [1.165, 1.54) is 0 Å². The van der Waals surface area contributed by atoms with Crippen LogP contribution in [-0.4, -0.2) is 10.2 Å². The molecule has 2 N–H and O–H groups in total. The van der Waals surface area contributed by atoms with Gasteiger partial charge in [0.15, 0.2) is 0 Å². The van der Waals surface area contributed by atoms with Gasteiger partial charge in [0, 0.05) is 5.56 Å². The molecule has 2 nitrogen and oxygen atoms in total. The molecule has 0 spiro atoms. The maximum absolute atomic E-state index is 10.0. The summed E-state index contributed by atoms with van der Waals surface area (Å²) in [6, 6.07) is 9.20. The van der Waals surface area contributed by atoms with E-state index < -0.39 is 0 Å². The molecule has 2 heteroatoms. The van der Waals surface area contributed by atoms with E-state index in [0.29, 0.717) is 11.1 Å². The van der Waals surface area contributed by atoms with E-state index >= 15 is 0 Å². The molecule has 2 rings (SSSR count). The number of phenolic OH excluding ortho intramolecular Hbond substituents is 2. The number of aryl methyl sites for hydroxylation is 3. The standard InChI is InChI=1S/C15H16O2/c1-9-5-4-6-10(2)15(9)12-8-13(16)11(3)7-14(12)17/h4-8,16-17H,1-3H3. The van der Waals surface area contributed by atoms with Crippen LogP contribution in [0.1, 0.15) is 16.7 Å². The summed E-state index contributed by atoms with van der Waals surface area (Å²) < 4.78 is 0. The maximum atomic E-state index is 10.0. The SMILES string of the molecule is Cc1cc(O)c(-c2c(C)cccc2C)cc1O. The van der Waals surface area contributed by atoms with E-state index in [0.717, 1.165) is 16.7 Å². The lowest BCUT2D eigenvalue weighted by Gasteiger charge is -2.13. The topological polar surface area (TPSA) is 40.5 Å². The van der Waals surface area contributed by atoms with Gasteiger partial charge in [-0.25, -0.2) is 0 Å². The smallest absolute Gasteiger partial charge is 0.123 e. The summed E-state index contributed by atoms with van der Waals surface area (Å²) in [6.45, 7) is 5.76. The van der Waals surface area contributed by atoms with Crippen molar-refractivity contribution >= 4 is 0 Å². The lowest BCUT2D eigenvalue weighted by atomic mass is 9.94. The summed E-state index contributed by atoms with van der Waals surface area (Å²) in [6.07, 6.45) is 0. The Hall–Kier alpha value is -1.96. The molecule has 0 fully saturated rings. The molecule has 0 atom stereocenters. The second kappa shape index (κ2) is 4.13. The van der Waals surface area contributed by atoms with Crippen molar-refractivity contribution in [2.75, 3.05) is 0 Å². The highest BCUT2D eigenvalue weighted by atomic mass is 16.3. The fourth-order valence-electron chi connectivity index (χ4n) is 2.12. The van der Waals surface area contributed by atoms with Gasteiger partial charge in [0.2, 0.25) is 0 Å². The van der Waals surface area contributed by atoms with Crippen LogP contribution < -0.4 is 0 Å². The number of hydrogen-bond donors (Lipinski definition) is 2. The van der Waals surface area contributed by atoms with Crippen molar-refractivity contribution in [1.82, 2.24) is 0 Å². The van der Waals surface area contributed by atoms with Crippen LogP contribution in [-0.2, 0) is 0 Å². The highest BCUT2D eigenvalue weighted by Gasteiger charge is 2.12. The predicted octanol–water partition coefficient (Wildman–Crippen LogP) is 3.69. The van der Waals surface area contributed by atoms with E-state index in [2.05, 4.69) is 0 Å². The van der Waals surface area contributed by atoms with Crippen LogP contribution in [0.4, 0.5) is 0 Å².